The molecule has 0 atom stereocenters. The number of hydrogen-bond acceptors (Lipinski definition) is 5. The molecular formula is C19H17ClN2O5. The number of nitrogens with one attached hydrogen (secondary N) is 1. The molecule has 1 saturated heterocycles. The van der Waals surface area contributed by atoms with E-state index in [1.807, 2.05) is 0 Å². The van der Waals surface area contributed by atoms with Crippen LogP contribution in [0.15, 0.2) is 42.0 Å². The van der Waals surface area contributed by atoms with Gasteiger partial charge in [-0.15, -0.1) is 0 Å². The summed E-state index contributed by atoms with van der Waals surface area (Å²) in [6, 6.07) is 9.86. The fraction of sp³-hybridized carbons (Fsp3) is 0.158. The Labute approximate surface area is 161 Å². The maximum atomic E-state index is 12.7. The largest absolute Gasteiger partial charge is 0.493 e. The average Bonchev–Trinajstić information content (AvgIpc) is 2.96. The number of benzene rings is 2. The van der Waals surface area contributed by atoms with Crippen LogP contribution in [-0.2, 0) is 9.59 Å². The number of hydrazine groups is 1. The molecule has 140 valence electrons. The van der Waals surface area contributed by atoms with E-state index >= 15 is 0 Å². The summed E-state index contributed by atoms with van der Waals surface area (Å²) in [4.78, 5) is 25.0. The van der Waals surface area contributed by atoms with Crippen LogP contribution in [0.4, 0.5) is 5.69 Å². The number of rotatable bonds is 5. The molecule has 0 unspecified atom stereocenters. The lowest BCUT2D eigenvalue weighted by Crippen LogP contribution is -2.35. The first-order chi connectivity index (χ1) is 13.0. The zero-order valence-electron chi connectivity index (χ0n) is 14.9. The third kappa shape index (κ3) is 3.54. The summed E-state index contributed by atoms with van der Waals surface area (Å²) in [6.07, 6.45) is 1.47. The number of amides is 2. The molecule has 0 aromatic heterocycles. The minimum atomic E-state index is -0.510. The predicted octanol–water partition coefficient (Wildman–Crippen LogP) is 2.83. The molecule has 8 heteroatoms. The number of ether oxygens (including phenoxy) is 3. The van der Waals surface area contributed by atoms with Gasteiger partial charge in [0.05, 0.1) is 27.0 Å². The van der Waals surface area contributed by atoms with E-state index in [9.17, 15) is 9.59 Å². The fourth-order valence-electron chi connectivity index (χ4n) is 2.68. The number of hydrogen-bond donors (Lipinski definition) is 1. The Morgan fingerprint density at radius 1 is 0.963 bits per heavy atom. The van der Waals surface area contributed by atoms with E-state index in [0.717, 1.165) is 0 Å². The molecule has 2 aromatic rings. The topological polar surface area (TPSA) is 77.1 Å². The molecule has 7 nitrogen and oxygen atoms in total. The van der Waals surface area contributed by atoms with Crippen LogP contribution < -0.4 is 24.6 Å². The molecule has 0 saturated carbocycles. The van der Waals surface area contributed by atoms with Crippen molar-refractivity contribution in [3.05, 3.63) is 52.6 Å². The highest BCUT2D eigenvalue weighted by Gasteiger charge is 2.34. The number of methoxy groups -OCH3 is 3. The summed E-state index contributed by atoms with van der Waals surface area (Å²) >= 11 is 5.87. The van der Waals surface area contributed by atoms with Crippen molar-refractivity contribution in [2.24, 2.45) is 0 Å². The Morgan fingerprint density at radius 3 is 2.07 bits per heavy atom. The second-order valence-electron chi connectivity index (χ2n) is 5.57. The standard InChI is InChI=1S/C19H17ClN2O5/c1-25-15-9-11(10-16(26-2)17(15)27-3)8-14-18(23)21-22(19(14)24)13-6-4-12(20)5-7-13/h4-10H,1-3H3,(H,21,23)/b14-8-. The molecule has 1 heterocycles. The minimum Gasteiger partial charge on any atom is -0.493 e. The second kappa shape index (κ2) is 7.59. The highest BCUT2D eigenvalue weighted by atomic mass is 35.5. The minimum absolute atomic E-state index is 0.0146. The lowest BCUT2D eigenvalue weighted by atomic mass is 10.1. The van der Waals surface area contributed by atoms with Crippen molar-refractivity contribution < 1.29 is 23.8 Å². The van der Waals surface area contributed by atoms with Gasteiger partial charge in [0.25, 0.3) is 11.8 Å². The molecule has 0 bridgehead atoms. The SMILES string of the molecule is COc1cc(/C=C2/C(=O)NN(c3ccc(Cl)cc3)C2=O)cc(OC)c1OC. The summed E-state index contributed by atoms with van der Waals surface area (Å²) in [5.74, 6) is 0.278. The number of nitrogens with zero attached hydrogens (tertiary/aromatic N) is 1. The molecule has 0 aliphatic carbocycles. The maximum absolute atomic E-state index is 12.7. The van der Waals surface area contributed by atoms with Gasteiger partial charge in [-0.25, -0.2) is 5.01 Å². The first kappa shape index (κ1) is 18.6. The summed E-state index contributed by atoms with van der Waals surface area (Å²) in [5.41, 5.74) is 3.58. The average molecular weight is 389 g/mol. The van der Waals surface area contributed by atoms with Crippen molar-refractivity contribution in [3.8, 4) is 17.2 Å². The number of carbonyl (C=O) groups is 2. The first-order valence-electron chi connectivity index (χ1n) is 7.91. The van der Waals surface area contributed by atoms with E-state index in [0.29, 0.717) is 33.5 Å². The third-order valence-corrected chi connectivity index (χ3v) is 4.23. The Balaban J connectivity index is 1.98. The zero-order chi connectivity index (χ0) is 19.6. The zero-order valence-corrected chi connectivity index (χ0v) is 15.7. The fourth-order valence-corrected chi connectivity index (χ4v) is 2.81. The van der Waals surface area contributed by atoms with E-state index in [-0.39, 0.29) is 5.57 Å². The Bertz CT molecular complexity index is 899. The smallest absolute Gasteiger partial charge is 0.282 e. The summed E-state index contributed by atoms with van der Waals surface area (Å²) in [6.45, 7) is 0. The summed E-state index contributed by atoms with van der Waals surface area (Å²) in [7, 11) is 4.48. The molecule has 1 aliphatic heterocycles. The molecule has 1 fully saturated rings. The van der Waals surface area contributed by atoms with Gasteiger partial charge in [-0.2, -0.15) is 0 Å². The lowest BCUT2D eigenvalue weighted by molar-refractivity contribution is -0.117. The quantitative estimate of drug-likeness (QED) is 0.629. The summed E-state index contributed by atoms with van der Waals surface area (Å²) < 4.78 is 15.9. The highest BCUT2D eigenvalue weighted by molar-refractivity contribution is 6.32. The van der Waals surface area contributed by atoms with Crippen LogP contribution in [-0.4, -0.2) is 33.1 Å². The maximum Gasteiger partial charge on any atom is 0.282 e. The number of anilines is 1. The van der Waals surface area contributed by atoms with Gasteiger partial charge in [0.15, 0.2) is 11.5 Å². The van der Waals surface area contributed by atoms with Gasteiger partial charge in [0.1, 0.15) is 5.57 Å². The van der Waals surface area contributed by atoms with E-state index < -0.39 is 11.8 Å². The van der Waals surface area contributed by atoms with Crippen LogP contribution in [0.2, 0.25) is 5.02 Å². The van der Waals surface area contributed by atoms with E-state index in [1.165, 1.54) is 32.4 Å². The van der Waals surface area contributed by atoms with E-state index in [2.05, 4.69) is 5.43 Å². The number of halogens is 1. The highest BCUT2D eigenvalue weighted by Crippen LogP contribution is 2.39. The summed E-state index contributed by atoms with van der Waals surface area (Å²) in [5, 5.41) is 1.70. The van der Waals surface area contributed by atoms with Crippen LogP contribution in [0.3, 0.4) is 0 Å². The first-order valence-corrected chi connectivity index (χ1v) is 8.29. The van der Waals surface area contributed by atoms with E-state index in [4.69, 9.17) is 25.8 Å². The normalized spacial score (nSPS) is 15.1. The van der Waals surface area contributed by atoms with Crippen molar-refractivity contribution in [1.29, 1.82) is 0 Å². The van der Waals surface area contributed by atoms with Crippen LogP contribution >= 0.6 is 11.6 Å². The van der Waals surface area contributed by atoms with Gasteiger partial charge in [0.2, 0.25) is 5.75 Å². The van der Waals surface area contributed by atoms with Gasteiger partial charge in [-0.1, -0.05) is 11.6 Å². The molecule has 1 N–H and O–H groups in total. The predicted molar refractivity (Wildman–Crippen MR) is 101 cm³/mol. The molecule has 1 aliphatic rings. The molecule has 2 aromatic carbocycles. The van der Waals surface area contributed by atoms with Crippen molar-refractivity contribution in [2.45, 2.75) is 0 Å². The van der Waals surface area contributed by atoms with Crippen LogP contribution in [0, 0.1) is 0 Å². The van der Waals surface area contributed by atoms with Gasteiger partial charge in [0, 0.05) is 5.02 Å². The van der Waals surface area contributed by atoms with Crippen LogP contribution in [0.5, 0.6) is 17.2 Å². The second-order valence-corrected chi connectivity index (χ2v) is 6.01. The Morgan fingerprint density at radius 2 is 1.56 bits per heavy atom. The van der Waals surface area contributed by atoms with Crippen LogP contribution in [0.25, 0.3) is 6.08 Å². The van der Waals surface area contributed by atoms with Crippen molar-refractivity contribution in [3.63, 3.8) is 0 Å². The number of carbonyl (C=O) groups excluding carboxylic acids is 2. The van der Waals surface area contributed by atoms with E-state index in [1.54, 1.807) is 36.4 Å². The molecule has 0 spiro atoms. The molecule has 27 heavy (non-hydrogen) atoms. The van der Waals surface area contributed by atoms with Crippen molar-refractivity contribution >= 4 is 35.2 Å². The monoisotopic (exact) mass is 388 g/mol. The van der Waals surface area contributed by atoms with Gasteiger partial charge < -0.3 is 14.2 Å². The van der Waals surface area contributed by atoms with Gasteiger partial charge in [-0.05, 0) is 48.0 Å². The third-order valence-electron chi connectivity index (χ3n) is 3.97. The Hall–Kier alpha value is -3.19. The van der Waals surface area contributed by atoms with Gasteiger partial charge >= 0.3 is 0 Å². The lowest BCUT2D eigenvalue weighted by Gasteiger charge is -2.14. The molecule has 0 radical (unpaired) electrons. The van der Waals surface area contributed by atoms with Gasteiger partial charge in [-0.3, -0.25) is 15.0 Å². The van der Waals surface area contributed by atoms with Crippen LogP contribution in [0.1, 0.15) is 5.56 Å². The Kier molecular flexibility index (Phi) is 5.23. The van der Waals surface area contributed by atoms with Crippen molar-refractivity contribution in [2.75, 3.05) is 26.3 Å². The molecule has 3 rings (SSSR count). The molecular weight excluding hydrogens is 372 g/mol. The van der Waals surface area contributed by atoms with Crippen molar-refractivity contribution in [1.82, 2.24) is 5.43 Å². The molecule has 2 amide bonds.